The molecule has 0 radical (unpaired) electrons. The molecule has 2 bridgehead atoms. The highest BCUT2D eigenvalue weighted by atomic mass is 35.5. The molecule has 8 rings (SSSR count). The molecule has 0 N–H and O–H groups in total. The molecule has 5 aliphatic rings. The van der Waals surface area contributed by atoms with Crippen molar-refractivity contribution in [1.29, 1.82) is 5.26 Å². The van der Waals surface area contributed by atoms with E-state index in [4.69, 9.17) is 26.3 Å². The largest absolute Gasteiger partial charge is 0.461 e. The number of amides is 1. The molecule has 4 aliphatic heterocycles. The second-order valence-corrected chi connectivity index (χ2v) is 14.3. The van der Waals surface area contributed by atoms with Gasteiger partial charge in [-0.05, 0) is 56.3 Å². The number of likely N-dealkylation sites (N-methyl/N-ethyl adjacent to an activating group) is 1. The van der Waals surface area contributed by atoms with Gasteiger partial charge >= 0.3 is 6.01 Å². The predicted molar refractivity (Wildman–Crippen MR) is 183 cm³/mol. The molecule has 3 saturated heterocycles. The van der Waals surface area contributed by atoms with Crippen LogP contribution in [0, 0.1) is 11.3 Å². The molecule has 4 fully saturated rings. The van der Waals surface area contributed by atoms with Gasteiger partial charge in [0.2, 0.25) is 5.91 Å². The van der Waals surface area contributed by atoms with Crippen molar-refractivity contribution in [3.05, 3.63) is 65.3 Å². The van der Waals surface area contributed by atoms with Crippen LogP contribution in [0.5, 0.6) is 6.01 Å². The zero-order valence-corrected chi connectivity index (χ0v) is 27.7. The van der Waals surface area contributed by atoms with E-state index in [1.54, 1.807) is 4.90 Å². The minimum atomic E-state index is -0.245. The van der Waals surface area contributed by atoms with Gasteiger partial charge in [-0.25, -0.2) is 0 Å². The molecule has 5 heterocycles. The van der Waals surface area contributed by atoms with Crippen LogP contribution in [-0.2, 0) is 17.8 Å². The van der Waals surface area contributed by atoms with Crippen LogP contribution in [0.3, 0.4) is 0 Å². The van der Waals surface area contributed by atoms with Gasteiger partial charge in [0.15, 0.2) is 0 Å². The monoisotopic (exact) mass is 652 g/mol. The number of halogens is 1. The van der Waals surface area contributed by atoms with Gasteiger partial charge in [-0.15, -0.1) is 0 Å². The SMILES string of the molecule is C=CC(=O)N1CCN(c2nc(OCC3(N4CC5CC4CN5C)CC3)nc3c2CCN(c2cccc4cccc(Cl)c24)C3)C[C@@H]1CC#N. The third-order valence-electron chi connectivity index (χ3n) is 11.2. The predicted octanol–water partition coefficient (Wildman–Crippen LogP) is 4.26. The number of rotatable bonds is 8. The smallest absolute Gasteiger partial charge is 0.318 e. The molecular formula is C36H41ClN8O2. The Bertz CT molecular complexity index is 1760. The van der Waals surface area contributed by atoms with Crippen molar-refractivity contribution in [2.24, 2.45) is 0 Å². The molecule has 1 aliphatic carbocycles. The summed E-state index contributed by atoms with van der Waals surface area (Å²) in [4.78, 5) is 34.4. The standard InChI is InChI=1S/C36H41ClN8O2/c1-3-32(46)44-17-16-43(20-25(44)10-14-38)34-28-11-15-42(31-9-5-7-24-6-4-8-29(37)33(24)31)22-30(28)39-35(40-34)47-23-36(12-13-36)45-21-26-18-27(45)19-41(26)2/h3-9,25-27H,1,10-13,15-23H2,2H3/t25-,26?,27?/m0/s1. The number of hydrogen-bond acceptors (Lipinski definition) is 9. The van der Waals surface area contributed by atoms with E-state index in [0.29, 0.717) is 50.9 Å². The van der Waals surface area contributed by atoms with Crippen molar-refractivity contribution in [3.8, 4) is 12.1 Å². The number of anilines is 2. The summed E-state index contributed by atoms with van der Waals surface area (Å²) in [5.74, 6) is 0.723. The van der Waals surface area contributed by atoms with E-state index in [1.807, 2.05) is 12.1 Å². The van der Waals surface area contributed by atoms with E-state index in [9.17, 15) is 10.1 Å². The second-order valence-electron chi connectivity index (χ2n) is 13.9. The van der Waals surface area contributed by atoms with E-state index in [0.717, 1.165) is 77.5 Å². The fourth-order valence-electron chi connectivity index (χ4n) is 8.50. The maximum atomic E-state index is 12.6. The average Bonchev–Trinajstić information content (AvgIpc) is 3.63. The number of benzene rings is 2. The zero-order valence-electron chi connectivity index (χ0n) is 26.9. The minimum Gasteiger partial charge on any atom is -0.461 e. The summed E-state index contributed by atoms with van der Waals surface area (Å²) in [6.45, 7) is 9.53. The summed E-state index contributed by atoms with van der Waals surface area (Å²) in [7, 11) is 2.24. The lowest BCUT2D eigenvalue weighted by atomic mass is 10.0. The maximum absolute atomic E-state index is 12.6. The molecule has 47 heavy (non-hydrogen) atoms. The van der Waals surface area contributed by atoms with Crippen molar-refractivity contribution in [2.45, 2.75) is 62.3 Å². The first-order chi connectivity index (χ1) is 22.9. The first kappa shape index (κ1) is 30.4. The highest BCUT2D eigenvalue weighted by Crippen LogP contribution is 2.48. The van der Waals surface area contributed by atoms with Crippen molar-refractivity contribution >= 4 is 39.8 Å². The molecule has 2 aromatic carbocycles. The van der Waals surface area contributed by atoms with Crippen LogP contribution in [0.2, 0.25) is 5.02 Å². The van der Waals surface area contributed by atoms with Crippen LogP contribution >= 0.6 is 11.6 Å². The topological polar surface area (TPSA) is 92.1 Å². The third kappa shape index (κ3) is 5.38. The van der Waals surface area contributed by atoms with E-state index >= 15 is 0 Å². The van der Waals surface area contributed by atoms with Crippen LogP contribution in [0.15, 0.2) is 49.1 Å². The van der Waals surface area contributed by atoms with Gasteiger partial charge in [0.05, 0.1) is 41.3 Å². The maximum Gasteiger partial charge on any atom is 0.318 e. The highest BCUT2D eigenvalue weighted by molar-refractivity contribution is 6.36. The molecule has 1 aromatic heterocycles. The number of hydrogen-bond donors (Lipinski definition) is 0. The van der Waals surface area contributed by atoms with Gasteiger partial charge in [0, 0.05) is 68.0 Å². The number of carbonyl (C=O) groups excluding carboxylic acids is 1. The molecule has 1 saturated carbocycles. The molecule has 244 valence electrons. The molecule has 3 atom stereocenters. The number of nitriles is 1. The van der Waals surface area contributed by atoms with Crippen molar-refractivity contribution in [3.63, 3.8) is 0 Å². The summed E-state index contributed by atoms with van der Waals surface area (Å²) in [6, 6.07) is 16.0. The fraction of sp³-hybridized carbons (Fsp3) is 0.500. The molecule has 10 nitrogen and oxygen atoms in total. The second kappa shape index (κ2) is 12.0. The van der Waals surface area contributed by atoms with Gasteiger partial charge < -0.3 is 24.3 Å². The van der Waals surface area contributed by atoms with Crippen molar-refractivity contribution in [2.75, 3.05) is 62.7 Å². The first-order valence-corrected chi connectivity index (χ1v) is 17.2. The Morgan fingerprint density at radius 3 is 2.66 bits per heavy atom. The number of piperazine rings is 2. The van der Waals surface area contributed by atoms with E-state index in [1.165, 1.54) is 12.5 Å². The number of nitrogens with zero attached hydrogens (tertiary/aromatic N) is 8. The number of likely N-dealkylation sites (tertiary alicyclic amines) is 2. The van der Waals surface area contributed by atoms with Gasteiger partial charge in [-0.2, -0.15) is 15.2 Å². The summed E-state index contributed by atoms with van der Waals surface area (Å²) in [5, 5.41) is 12.5. The van der Waals surface area contributed by atoms with E-state index in [-0.39, 0.29) is 23.9 Å². The van der Waals surface area contributed by atoms with Crippen molar-refractivity contribution < 1.29 is 9.53 Å². The van der Waals surface area contributed by atoms with Crippen LogP contribution < -0.4 is 14.5 Å². The fourth-order valence-corrected chi connectivity index (χ4v) is 8.78. The molecular weight excluding hydrogens is 612 g/mol. The summed E-state index contributed by atoms with van der Waals surface area (Å²) in [6.07, 6.45) is 5.87. The lowest BCUT2D eigenvalue weighted by molar-refractivity contribution is -0.128. The van der Waals surface area contributed by atoms with Gasteiger partial charge in [0.1, 0.15) is 12.4 Å². The quantitative estimate of drug-likeness (QED) is 0.331. The Labute approximate surface area is 281 Å². The number of ether oxygens (including phenoxy) is 1. The summed E-state index contributed by atoms with van der Waals surface area (Å²) < 4.78 is 6.59. The lowest BCUT2D eigenvalue weighted by Crippen LogP contribution is -2.55. The van der Waals surface area contributed by atoms with Gasteiger partial charge in [-0.1, -0.05) is 42.4 Å². The highest BCUT2D eigenvalue weighted by Gasteiger charge is 2.57. The Morgan fingerprint density at radius 2 is 1.94 bits per heavy atom. The van der Waals surface area contributed by atoms with Crippen molar-refractivity contribution in [1.82, 2.24) is 24.7 Å². The number of carbonyl (C=O) groups is 1. The molecule has 1 amide bonds. The zero-order chi connectivity index (χ0) is 32.3. The summed E-state index contributed by atoms with van der Waals surface area (Å²) in [5.41, 5.74) is 3.23. The van der Waals surface area contributed by atoms with E-state index in [2.05, 4.69) is 63.6 Å². The normalized spacial score (nSPS) is 25.1. The Balaban J connectivity index is 1.11. The lowest BCUT2D eigenvalue weighted by Gasteiger charge is -2.42. The molecule has 0 spiro atoms. The van der Waals surface area contributed by atoms with Gasteiger partial charge in [0.25, 0.3) is 0 Å². The van der Waals surface area contributed by atoms with Gasteiger partial charge in [-0.3, -0.25) is 9.69 Å². The van der Waals surface area contributed by atoms with Crippen LogP contribution in [0.1, 0.15) is 36.9 Å². The number of aromatic nitrogens is 2. The minimum absolute atomic E-state index is 0.0698. The van der Waals surface area contributed by atoms with Crippen LogP contribution in [0.25, 0.3) is 10.8 Å². The first-order valence-electron chi connectivity index (χ1n) is 16.8. The van der Waals surface area contributed by atoms with E-state index < -0.39 is 0 Å². The third-order valence-corrected chi connectivity index (χ3v) is 11.5. The van der Waals surface area contributed by atoms with Crippen LogP contribution in [-0.4, -0.2) is 107 Å². The van der Waals surface area contributed by atoms with Crippen LogP contribution in [0.4, 0.5) is 11.5 Å². The molecule has 3 aromatic rings. The average molecular weight is 653 g/mol. The molecule has 11 heteroatoms. The summed E-state index contributed by atoms with van der Waals surface area (Å²) >= 11 is 6.75. The Kier molecular flexibility index (Phi) is 7.74. The Hall–Kier alpha value is -3.91. The number of fused-ring (bicyclic) bond motifs is 4. The molecule has 2 unspecified atom stereocenters. The Morgan fingerprint density at radius 1 is 1.11 bits per heavy atom.